The van der Waals surface area contributed by atoms with Crippen LogP contribution in [-0.2, 0) is 0 Å². The highest BCUT2D eigenvalue weighted by atomic mass is 35.5. The summed E-state index contributed by atoms with van der Waals surface area (Å²) in [5.41, 5.74) is -0.118. The largest absolute Gasteiger partial charge is 0.394 e. The van der Waals surface area contributed by atoms with Crippen LogP contribution in [0.5, 0.6) is 0 Å². The summed E-state index contributed by atoms with van der Waals surface area (Å²) in [5, 5.41) is 15.2. The Morgan fingerprint density at radius 1 is 1.37 bits per heavy atom. The maximum absolute atomic E-state index is 9.87. The SMILES string of the molecule is OCC(CSc1ccc(Cl)cn1)(NC1CC1)C1CC1. The van der Waals surface area contributed by atoms with E-state index in [1.165, 1.54) is 25.7 Å². The fourth-order valence-corrected chi connectivity index (χ4v) is 3.64. The van der Waals surface area contributed by atoms with Crippen LogP contribution in [0.3, 0.4) is 0 Å². The Kier molecular flexibility index (Phi) is 4.03. The zero-order chi connectivity index (χ0) is 13.3. The highest BCUT2D eigenvalue weighted by Crippen LogP contribution is 2.43. The number of nitrogens with one attached hydrogen (secondary N) is 1. The molecule has 1 aromatic rings. The van der Waals surface area contributed by atoms with Crippen molar-refractivity contribution >= 4 is 23.4 Å². The molecule has 19 heavy (non-hydrogen) atoms. The number of pyridine rings is 1. The van der Waals surface area contributed by atoms with Gasteiger partial charge in [-0.25, -0.2) is 4.98 Å². The van der Waals surface area contributed by atoms with Gasteiger partial charge in [0.2, 0.25) is 0 Å². The predicted octanol–water partition coefficient (Wildman–Crippen LogP) is 2.72. The number of aliphatic hydroxyl groups excluding tert-OH is 1. The van der Waals surface area contributed by atoms with Crippen molar-refractivity contribution in [1.82, 2.24) is 10.3 Å². The number of aromatic nitrogens is 1. The maximum Gasteiger partial charge on any atom is 0.0961 e. The normalized spacial score (nSPS) is 22.2. The van der Waals surface area contributed by atoms with Crippen molar-refractivity contribution in [3.8, 4) is 0 Å². The van der Waals surface area contributed by atoms with Gasteiger partial charge in [0, 0.05) is 18.0 Å². The molecule has 1 heterocycles. The molecular weight excluding hydrogens is 280 g/mol. The summed E-state index contributed by atoms with van der Waals surface area (Å²) in [4.78, 5) is 4.31. The highest BCUT2D eigenvalue weighted by Gasteiger charge is 2.47. The van der Waals surface area contributed by atoms with Crippen LogP contribution in [0.1, 0.15) is 25.7 Å². The molecule has 1 atom stereocenters. The Morgan fingerprint density at radius 2 is 2.16 bits per heavy atom. The van der Waals surface area contributed by atoms with Crippen LogP contribution in [-0.4, -0.2) is 34.0 Å². The lowest BCUT2D eigenvalue weighted by atomic mass is 9.96. The first-order chi connectivity index (χ1) is 9.22. The zero-order valence-corrected chi connectivity index (χ0v) is 12.4. The third-order valence-electron chi connectivity index (χ3n) is 3.89. The lowest BCUT2D eigenvalue weighted by Gasteiger charge is -2.33. The number of rotatable bonds is 7. The molecule has 0 saturated heterocycles. The monoisotopic (exact) mass is 298 g/mol. The van der Waals surface area contributed by atoms with Gasteiger partial charge in [-0.3, -0.25) is 0 Å². The quantitative estimate of drug-likeness (QED) is 0.760. The molecule has 1 aromatic heterocycles. The van der Waals surface area contributed by atoms with E-state index in [-0.39, 0.29) is 12.1 Å². The number of hydrogen-bond acceptors (Lipinski definition) is 4. The Labute approximate surface area is 123 Å². The van der Waals surface area contributed by atoms with E-state index < -0.39 is 0 Å². The van der Waals surface area contributed by atoms with E-state index in [9.17, 15) is 5.11 Å². The van der Waals surface area contributed by atoms with Gasteiger partial charge in [-0.2, -0.15) is 0 Å². The van der Waals surface area contributed by atoms with Gasteiger partial charge in [-0.15, -0.1) is 11.8 Å². The standard InChI is InChI=1S/C14H19ClN2OS/c15-11-3-6-13(16-7-11)19-9-14(8-18,10-1-2-10)17-12-4-5-12/h3,6-7,10,12,17-18H,1-2,4-5,8-9H2. The lowest BCUT2D eigenvalue weighted by Crippen LogP contribution is -2.53. The predicted molar refractivity (Wildman–Crippen MR) is 78.7 cm³/mol. The molecule has 0 amide bonds. The molecule has 2 saturated carbocycles. The molecule has 2 N–H and O–H groups in total. The van der Waals surface area contributed by atoms with Gasteiger partial charge in [-0.1, -0.05) is 11.6 Å². The molecule has 3 rings (SSSR count). The van der Waals surface area contributed by atoms with Crippen molar-refractivity contribution in [2.75, 3.05) is 12.4 Å². The van der Waals surface area contributed by atoms with E-state index in [1.54, 1.807) is 18.0 Å². The first kappa shape index (κ1) is 13.7. The average molecular weight is 299 g/mol. The lowest BCUT2D eigenvalue weighted by molar-refractivity contribution is 0.157. The van der Waals surface area contributed by atoms with Crippen LogP contribution in [0.25, 0.3) is 0 Å². The van der Waals surface area contributed by atoms with Crippen LogP contribution in [0.15, 0.2) is 23.4 Å². The van der Waals surface area contributed by atoms with Crippen molar-refractivity contribution < 1.29 is 5.11 Å². The summed E-state index contributed by atoms with van der Waals surface area (Å²) in [6.45, 7) is 0.217. The average Bonchev–Trinajstić information content (AvgIpc) is 3.28. The third-order valence-corrected chi connectivity index (χ3v) is 5.31. The molecule has 0 bridgehead atoms. The Balaban J connectivity index is 1.64. The molecule has 2 aliphatic carbocycles. The highest BCUT2D eigenvalue weighted by molar-refractivity contribution is 7.99. The zero-order valence-electron chi connectivity index (χ0n) is 10.8. The third kappa shape index (κ3) is 3.43. The van der Waals surface area contributed by atoms with Gasteiger partial charge in [0.25, 0.3) is 0 Å². The Morgan fingerprint density at radius 3 is 2.68 bits per heavy atom. The minimum absolute atomic E-state index is 0.118. The smallest absolute Gasteiger partial charge is 0.0961 e. The molecule has 104 valence electrons. The molecule has 1 unspecified atom stereocenters. The molecule has 0 spiro atoms. The van der Waals surface area contributed by atoms with Crippen molar-refractivity contribution in [2.24, 2.45) is 5.92 Å². The Hall–Kier alpha value is -0.290. The van der Waals surface area contributed by atoms with E-state index in [4.69, 9.17) is 11.6 Å². The molecule has 0 aliphatic heterocycles. The van der Waals surface area contributed by atoms with Crippen molar-refractivity contribution in [3.05, 3.63) is 23.4 Å². The van der Waals surface area contributed by atoms with Crippen LogP contribution >= 0.6 is 23.4 Å². The minimum atomic E-state index is -0.118. The summed E-state index contributed by atoms with van der Waals surface area (Å²) >= 11 is 7.55. The van der Waals surface area contributed by atoms with E-state index >= 15 is 0 Å². The van der Waals surface area contributed by atoms with Crippen molar-refractivity contribution in [1.29, 1.82) is 0 Å². The fraction of sp³-hybridized carbons (Fsp3) is 0.643. The summed E-state index contributed by atoms with van der Waals surface area (Å²) in [5.74, 6) is 1.50. The van der Waals surface area contributed by atoms with Gasteiger partial charge in [0.05, 0.1) is 22.2 Å². The molecule has 3 nitrogen and oxygen atoms in total. The first-order valence-corrected chi connectivity index (χ1v) is 8.21. The molecule has 0 aromatic carbocycles. The summed E-state index contributed by atoms with van der Waals surface area (Å²) in [6.07, 6.45) is 6.64. The van der Waals surface area contributed by atoms with E-state index in [0.29, 0.717) is 17.0 Å². The molecule has 5 heteroatoms. The summed E-state index contributed by atoms with van der Waals surface area (Å²) < 4.78 is 0. The molecule has 2 fully saturated rings. The first-order valence-electron chi connectivity index (χ1n) is 6.85. The second kappa shape index (κ2) is 5.60. The molecular formula is C14H19ClN2OS. The number of halogens is 1. The minimum Gasteiger partial charge on any atom is -0.394 e. The van der Waals surface area contributed by atoms with Crippen LogP contribution in [0, 0.1) is 5.92 Å². The second-order valence-corrected chi connectivity index (χ2v) is 7.04. The molecule has 2 aliphatic rings. The van der Waals surface area contributed by atoms with Crippen LogP contribution in [0.2, 0.25) is 5.02 Å². The van der Waals surface area contributed by atoms with Gasteiger partial charge in [-0.05, 0) is 43.7 Å². The summed E-state index contributed by atoms with van der Waals surface area (Å²) in [7, 11) is 0. The van der Waals surface area contributed by atoms with E-state index in [2.05, 4.69) is 10.3 Å². The topological polar surface area (TPSA) is 45.2 Å². The van der Waals surface area contributed by atoms with Crippen molar-refractivity contribution in [3.63, 3.8) is 0 Å². The number of nitrogens with zero attached hydrogens (tertiary/aromatic N) is 1. The van der Waals surface area contributed by atoms with E-state index in [0.717, 1.165) is 10.8 Å². The summed E-state index contributed by atoms with van der Waals surface area (Å²) in [6, 6.07) is 4.42. The van der Waals surface area contributed by atoms with Crippen LogP contribution < -0.4 is 5.32 Å². The van der Waals surface area contributed by atoms with Crippen LogP contribution in [0.4, 0.5) is 0 Å². The van der Waals surface area contributed by atoms with Gasteiger partial charge in [0.15, 0.2) is 0 Å². The van der Waals surface area contributed by atoms with E-state index in [1.807, 2.05) is 12.1 Å². The van der Waals surface area contributed by atoms with Gasteiger partial charge >= 0.3 is 0 Å². The number of aliphatic hydroxyl groups is 1. The van der Waals surface area contributed by atoms with Crippen molar-refractivity contribution in [2.45, 2.75) is 42.3 Å². The number of thioether (sulfide) groups is 1. The number of hydrogen-bond donors (Lipinski definition) is 2. The Bertz CT molecular complexity index is 434. The second-order valence-electron chi connectivity index (χ2n) is 5.61. The van der Waals surface area contributed by atoms with Gasteiger partial charge in [0.1, 0.15) is 0 Å². The molecule has 0 radical (unpaired) electrons. The maximum atomic E-state index is 9.87. The fourth-order valence-electron chi connectivity index (χ4n) is 2.42. The van der Waals surface area contributed by atoms with Gasteiger partial charge < -0.3 is 10.4 Å².